The summed E-state index contributed by atoms with van der Waals surface area (Å²) in [4.78, 5) is 16.1. The molecule has 0 saturated heterocycles. The van der Waals surface area contributed by atoms with Gasteiger partial charge >= 0.3 is 0 Å². The van der Waals surface area contributed by atoms with Gasteiger partial charge in [-0.1, -0.05) is 152 Å². The van der Waals surface area contributed by atoms with E-state index in [1.807, 2.05) is 0 Å². The van der Waals surface area contributed by atoms with E-state index in [-0.39, 0.29) is 0 Å². The van der Waals surface area contributed by atoms with Gasteiger partial charge in [0.1, 0.15) is 0 Å². The Labute approximate surface area is 331 Å². The fraction of sp³-hybridized carbons (Fsp3) is 0. The van der Waals surface area contributed by atoms with Gasteiger partial charge in [-0.3, -0.25) is 0 Å². The Morgan fingerprint density at radius 1 is 0.268 bits per heavy atom. The smallest absolute Gasteiger partial charge is 0.165 e. The molecular formula is C51H31N3S2. The van der Waals surface area contributed by atoms with Gasteiger partial charge in [0.2, 0.25) is 0 Å². The number of hydrogen-bond donors (Lipinski definition) is 0. The van der Waals surface area contributed by atoms with E-state index in [1.54, 1.807) is 22.7 Å². The molecule has 0 unspecified atom stereocenters. The lowest BCUT2D eigenvalue weighted by atomic mass is 9.93. The second-order valence-electron chi connectivity index (χ2n) is 13.9. The molecule has 8 aromatic carbocycles. The topological polar surface area (TPSA) is 38.7 Å². The first-order valence-corrected chi connectivity index (χ1v) is 20.3. The maximum atomic E-state index is 5.36. The number of aromatic nitrogens is 3. The average Bonchev–Trinajstić information content (AvgIpc) is 3.86. The van der Waals surface area contributed by atoms with Crippen LogP contribution in [0.15, 0.2) is 188 Å². The molecule has 11 aromatic rings. The summed E-state index contributed by atoms with van der Waals surface area (Å²) in [5, 5.41) is 4.92. The van der Waals surface area contributed by atoms with Crippen LogP contribution in [0.1, 0.15) is 0 Å². The lowest BCUT2D eigenvalue weighted by molar-refractivity contribution is 1.08. The summed E-state index contributed by atoms with van der Waals surface area (Å²) in [6, 6.07) is 66.8. The van der Waals surface area contributed by atoms with Gasteiger partial charge in [0.25, 0.3) is 0 Å². The van der Waals surface area contributed by atoms with Crippen molar-refractivity contribution in [3.8, 4) is 67.5 Å². The standard InChI is InChI=1S/C51H31N3S2/c1-3-13-32(14-4-1)33-25-27-34(28-26-33)36-29-30-41(44(31-36)35-15-5-2-6-16-35)49-52-50(42-21-11-19-39-37-17-7-9-23-45(37)55-47(39)42)54-51(53-49)43-22-12-20-40-38-18-8-10-24-46(38)56-48(40)43/h1-31H. The molecule has 262 valence electrons. The van der Waals surface area contributed by atoms with E-state index in [0.29, 0.717) is 17.5 Å². The van der Waals surface area contributed by atoms with Crippen LogP contribution in [-0.4, -0.2) is 15.0 Å². The van der Waals surface area contributed by atoms with Gasteiger partial charge in [0.15, 0.2) is 17.5 Å². The van der Waals surface area contributed by atoms with Crippen molar-refractivity contribution in [2.45, 2.75) is 0 Å². The van der Waals surface area contributed by atoms with E-state index in [9.17, 15) is 0 Å². The molecule has 5 heteroatoms. The van der Waals surface area contributed by atoms with Crippen molar-refractivity contribution < 1.29 is 0 Å². The van der Waals surface area contributed by atoms with Crippen molar-refractivity contribution in [2.24, 2.45) is 0 Å². The van der Waals surface area contributed by atoms with Gasteiger partial charge in [-0.25, -0.2) is 15.0 Å². The Kier molecular flexibility index (Phi) is 7.87. The lowest BCUT2D eigenvalue weighted by Gasteiger charge is -2.14. The fourth-order valence-electron chi connectivity index (χ4n) is 7.84. The van der Waals surface area contributed by atoms with Crippen LogP contribution >= 0.6 is 22.7 Å². The number of rotatable bonds is 6. The van der Waals surface area contributed by atoms with Crippen molar-refractivity contribution in [1.29, 1.82) is 0 Å². The Morgan fingerprint density at radius 2 is 0.679 bits per heavy atom. The summed E-state index contributed by atoms with van der Waals surface area (Å²) in [6.45, 7) is 0. The minimum Gasteiger partial charge on any atom is -0.208 e. The monoisotopic (exact) mass is 749 g/mol. The molecule has 0 radical (unpaired) electrons. The SMILES string of the molecule is c1ccc(-c2ccc(-c3ccc(-c4nc(-c5cccc6c5sc5ccccc56)nc(-c5cccc6c5sc5ccccc56)n4)c(-c4ccccc4)c3)cc2)cc1. The molecular weight excluding hydrogens is 719 g/mol. The Hall–Kier alpha value is -6.79. The third kappa shape index (κ3) is 5.60. The molecule has 3 heterocycles. The summed E-state index contributed by atoms with van der Waals surface area (Å²) in [5.41, 5.74) is 9.83. The highest BCUT2D eigenvalue weighted by atomic mass is 32.1. The first kappa shape index (κ1) is 32.6. The number of hydrogen-bond acceptors (Lipinski definition) is 5. The Balaban J connectivity index is 1.14. The zero-order valence-electron chi connectivity index (χ0n) is 30.1. The highest BCUT2D eigenvalue weighted by molar-refractivity contribution is 7.26. The van der Waals surface area contributed by atoms with Crippen molar-refractivity contribution in [3.05, 3.63) is 188 Å². The molecule has 0 aliphatic rings. The number of nitrogens with zero attached hydrogens (tertiary/aromatic N) is 3. The zero-order valence-corrected chi connectivity index (χ0v) is 31.7. The first-order valence-electron chi connectivity index (χ1n) is 18.7. The minimum atomic E-state index is 0.644. The zero-order chi connectivity index (χ0) is 37.0. The maximum Gasteiger partial charge on any atom is 0.165 e. The van der Waals surface area contributed by atoms with Crippen LogP contribution in [0.3, 0.4) is 0 Å². The van der Waals surface area contributed by atoms with E-state index in [0.717, 1.165) is 38.9 Å². The van der Waals surface area contributed by atoms with Crippen LogP contribution < -0.4 is 0 Å². The van der Waals surface area contributed by atoms with Gasteiger partial charge in [-0.15, -0.1) is 22.7 Å². The summed E-state index contributed by atoms with van der Waals surface area (Å²) in [7, 11) is 0. The minimum absolute atomic E-state index is 0.644. The summed E-state index contributed by atoms with van der Waals surface area (Å²) >= 11 is 3.59. The molecule has 3 aromatic heterocycles. The highest BCUT2D eigenvalue weighted by Crippen LogP contribution is 2.43. The highest BCUT2D eigenvalue weighted by Gasteiger charge is 2.21. The van der Waals surface area contributed by atoms with E-state index in [1.165, 1.54) is 51.5 Å². The predicted octanol–water partition coefficient (Wildman–Crippen LogP) is 14.6. The molecule has 0 atom stereocenters. The van der Waals surface area contributed by atoms with Gasteiger partial charge < -0.3 is 0 Å². The van der Waals surface area contributed by atoms with Crippen molar-refractivity contribution in [2.75, 3.05) is 0 Å². The molecule has 0 saturated carbocycles. The number of thiophene rings is 2. The van der Waals surface area contributed by atoms with Crippen molar-refractivity contribution >= 4 is 63.0 Å². The van der Waals surface area contributed by atoms with Crippen LogP contribution in [0.4, 0.5) is 0 Å². The van der Waals surface area contributed by atoms with Gasteiger partial charge in [-0.2, -0.15) is 0 Å². The van der Waals surface area contributed by atoms with E-state index in [2.05, 4.69) is 188 Å². The molecule has 0 N–H and O–H groups in total. The first-order chi connectivity index (χ1) is 27.7. The molecule has 0 amide bonds. The van der Waals surface area contributed by atoms with Gasteiger partial charge in [0, 0.05) is 57.0 Å². The lowest BCUT2D eigenvalue weighted by Crippen LogP contribution is -2.01. The molecule has 0 fully saturated rings. The van der Waals surface area contributed by atoms with E-state index >= 15 is 0 Å². The van der Waals surface area contributed by atoms with Gasteiger partial charge in [-0.05, 0) is 69.8 Å². The third-order valence-electron chi connectivity index (χ3n) is 10.6. The molecule has 0 spiro atoms. The van der Waals surface area contributed by atoms with Crippen LogP contribution in [0.5, 0.6) is 0 Å². The summed E-state index contributed by atoms with van der Waals surface area (Å²) in [6.07, 6.45) is 0. The van der Waals surface area contributed by atoms with Crippen LogP contribution in [-0.2, 0) is 0 Å². The van der Waals surface area contributed by atoms with Crippen LogP contribution in [0, 0.1) is 0 Å². The number of benzene rings is 8. The Morgan fingerprint density at radius 3 is 1.23 bits per heavy atom. The molecule has 0 aliphatic carbocycles. The normalized spacial score (nSPS) is 11.6. The summed E-state index contributed by atoms with van der Waals surface area (Å²) < 4.78 is 4.85. The quantitative estimate of drug-likeness (QED) is 0.170. The maximum absolute atomic E-state index is 5.36. The molecule has 3 nitrogen and oxygen atoms in total. The molecule has 11 rings (SSSR count). The average molecular weight is 750 g/mol. The van der Waals surface area contributed by atoms with E-state index in [4.69, 9.17) is 15.0 Å². The van der Waals surface area contributed by atoms with E-state index < -0.39 is 0 Å². The Bertz CT molecular complexity index is 3110. The molecule has 0 bridgehead atoms. The molecule has 0 aliphatic heterocycles. The van der Waals surface area contributed by atoms with Crippen LogP contribution in [0.2, 0.25) is 0 Å². The largest absolute Gasteiger partial charge is 0.208 e. The second-order valence-corrected chi connectivity index (χ2v) is 16.0. The van der Waals surface area contributed by atoms with Gasteiger partial charge in [0.05, 0.1) is 0 Å². The summed E-state index contributed by atoms with van der Waals surface area (Å²) in [5.74, 6) is 1.98. The predicted molar refractivity (Wildman–Crippen MR) is 238 cm³/mol. The number of fused-ring (bicyclic) bond motifs is 6. The molecule has 56 heavy (non-hydrogen) atoms. The van der Waals surface area contributed by atoms with Crippen molar-refractivity contribution in [1.82, 2.24) is 15.0 Å². The van der Waals surface area contributed by atoms with Crippen molar-refractivity contribution in [3.63, 3.8) is 0 Å². The third-order valence-corrected chi connectivity index (χ3v) is 13.0. The fourth-order valence-corrected chi connectivity index (χ4v) is 10.3. The van der Waals surface area contributed by atoms with Crippen LogP contribution in [0.25, 0.3) is 108 Å². The second kappa shape index (κ2) is 13.5.